The molecule has 0 aliphatic rings. The third-order valence-electron chi connectivity index (χ3n) is 3.23. The number of rotatable bonds is 5. The summed E-state index contributed by atoms with van der Waals surface area (Å²) < 4.78 is 28.6. The Kier molecular flexibility index (Phi) is 4.23. The van der Waals surface area contributed by atoms with E-state index < -0.39 is 5.92 Å². The van der Waals surface area contributed by atoms with Gasteiger partial charge in [-0.3, -0.25) is 0 Å². The molecule has 106 valence electrons. The SMILES string of the molecule is CCN(CC(F)(F)c1ccccc1)c1ccc(N)cc1. The van der Waals surface area contributed by atoms with Crippen molar-refractivity contribution in [3.8, 4) is 0 Å². The van der Waals surface area contributed by atoms with Gasteiger partial charge in [-0.2, -0.15) is 8.78 Å². The summed E-state index contributed by atoms with van der Waals surface area (Å²) >= 11 is 0. The van der Waals surface area contributed by atoms with Gasteiger partial charge in [0.1, 0.15) is 0 Å². The number of nitrogens with zero attached hydrogens (tertiary/aromatic N) is 1. The van der Waals surface area contributed by atoms with Gasteiger partial charge in [0.15, 0.2) is 0 Å². The predicted molar refractivity (Wildman–Crippen MR) is 79.1 cm³/mol. The second-order valence-corrected chi connectivity index (χ2v) is 4.68. The van der Waals surface area contributed by atoms with Gasteiger partial charge >= 0.3 is 0 Å². The molecular weight excluding hydrogens is 258 g/mol. The van der Waals surface area contributed by atoms with Crippen LogP contribution in [0.2, 0.25) is 0 Å². The Morgan fingerprint density at radius 3 is 2.15 bits per heavy atom. The Hall–Kier alpha value is -2.10. The fraction of sp³-hybridized carbons (Fsp3) is 0.250. The van der Waals surface area contributed by atoms with E-state index in [9.17, 15) is 8.78 Å². The molecule has 0 heterocycles. The van der Waals surface area contributed by atoms with Crippen LogP contribution in [0.5, 0.6) is 0 Å². The number of hydrogen-bond acceptors (Lipinski definition) is 2. The Labute approximate surface area is 117 Å². The molecular formula is C16H18F2N2. The molecule has 0 amide bonds. The van der Waals surface area contributed by atoms with Crippen LogP contribution in [-0.4, -0.2) is 13.1 Å². The third-order valence-corrected chi connectivity index (χ3v) is 3.23. The summed E-state index contributed by atoms with van der Waals surface area (Å²) in [6, 6.07) is 14.9. The van der Waals surface area contributed by atoms with Gasteiger partial charge in [-0.25, -0.2) is 0 Å². The largest absolute Gasteiger partial charge is 0.399 e. The highest BCUT2D eigenvalue weighted by Gasteiger charge is 2.33. The highest BCUT2D eigenvalue weighted by molar-refractivity contribution is 5.53. The van der Waals surface area contributed by atoms with E-state index in [1.807, 2.05) is 6.92 Å². The van der Waals surface area contributed by atoms with E-state index in [1.165, 1.54) is 12.1 Å². The van der Waals surface area contributed by atoms with Crippen LogP contribution in [-0.2, 0) is 5.92 Å². The summed E-state index contributed by atoms with van der Waals surface area (Å²) in [4.78, 5) is 1.65. The fourth-order valence-electron chi connectivity index (χ4n) is 2.08. The topological polar surface area (TPSA) is 29.3 Å². The molecule has 0 aliphatic carbocycles. The van der Waals surface area contributed by atoms with Crippen LogP contribution in [0.4, 0.5) is 20.2 Å². The average Bonchev–Trinajstić information content (AvgIpc) is 2.47. The molecule has 0 radical (unpaired) electrons. The van der Waals surface area contributed by atoms with Crippen LogP contribution in [0, 0.1) is 0 Å². The molecule has 0 atom stereocenters. The average molecular weight is 276 g/mol. The summed E-state index contributed by atoms with van der Waals surface area (Å²) in [6.07, 6.45) is 0. The first-order chi connectivity index (χ1) is 9.53. The molecule has 2 rings (SSSR count). The first kappa shape index (κ1) is 14.3. The second-order valence-electron chi connectivity index (χ2n) is 4.68. The van der Waals surface area contributed by atoms with Gasteiger partial charge in [0.2, 0.25) is 0 Å². The van der Waals surface area contributed by atoms with Crippen molar-refractivity contribution in [2.45, 2.75) is 12.8 Å². The Balaban J connectivity index is 2.19. The lowest BCUT2D eigenvalue weighted by Gasteiger charge is -2.28. The number of halogens is 2. The highest BCUT2D eigenvalue weighted by Crippen LogP contribution is 2.30. The summed E-state index contributed by atoms with van der Waals surface area (Å²) in [6.45, 7) is 2.02. The van der Waals surface area contributed by atoms with Crippen molar-refractivity contribution in [3.05, 3.63) is 60.2 Å². The third kappa shape index (κ3) is 3.26. The normalized spacial score (nSPS) is 11.3. The van der Waals surface area contributed by atoms with E-state index in [0.29, 0.717) is 12.2 Å². The van der Waals surface area contributed by atoms with E-state index in [0.717, 1.165) is 5.69 Å². The van der Waals surface area contributed by atoms with Crippen LogP contribution < -0.4 is 10.6 Å². The maximum Gasteiger partial charge on any atom is 0.290 e. The van der Waals surface area contributed by atoms with E-state index >= 15 is 0 Å². The van der Waals surface area contributed by atoms with Gasteiger partial charge in [-0.1, -0.05) is 30.3 Å². The Morgan fingerprint density at radius 2 is 1.60 bits per heavy atom. The van der Waals surface area contributed by atoms with Gasteiger partial charge in [-0.05, 0) is 31.2 Å². The first-order valence-corrected chi connectivity index (χ1v) is 6.57. The van der Waals surface area contributed by atoms with Gasteiger partial charge < -0.3 is 10.6 Å². The van der Waals surface area contributed by atoms with E-state index in [1.54, 1.807) is 47.4 Å². The van der Waals surface area contributed by atoms with Crippen molar-refractivity contribution >= 4 is 11.4 Å². The first-order valence-electron chi connectivity index (χ1n) is 6.57. The van der Waals surface area contributed by atoms with Crippen LogP contribution in [0.3, 0.4) is 0 Å². The Bertz CT molecular complexity index is 538. The molecule has 0 spiro atoms. The van der Waals surface area contributed by atoms with Gasteiger partial charge in [-0.15, -0.1) is 0 Å². The number of anilines is 2. The van der Waals surface area contributed by atoms with Crippen LogP contribution >= 0.6 is 0 Å². The number of nitrogen functional groups attached to an aromatic ring is 1. The summed E-state index contributed by atoms with van der Waals surface area (Å²) in [5.74, 6) is -2.89. The number of benzene rings is 2. The Morgan fingerprint density at radius 1 is 1.00 bits per heavy atom. The van der Waals surface area contributed by atoms with Crippen LogP contribution in [0.1, 0.15) is 12.5 Å². The minimum Gasteiger partial charge on any atom is -0.399 e. The summed E-state index contributed by atoms with van der Waals surface area (Å²) in [5, 5.41) is 0. The van der Waals surface area contributed by atoms with Crippen molar-refractivity contribution in [3.63, 3.8) is 0 Å². The zero-order valence-electron chi connectivity index (χ0n) is 11.4. The molecule has 2 aromatic carbocycles. The van der Waals surface area contributed by atoms with Crippen LogP contribution in [0.15, 0.2) is 54.6 Å². The number of nitrogens with two attached hydrogens (primary N) is 1. The maximum absolute atomic E-state index is 14.3. The molecule has 0 bridgehead atoms. The minimum absolute atomic E-state index is 0.0360. The van der Waals surface area contributed by atoms with E-state index in [4.69, 9.17) is 5.73 Å². The van der Waals surface area contributed by atoms with Crippen LogP contribution in [0.25, 0.3) is 0 Å². The zero-order valence-corrected chi connectivity index (χ0v) is 11.4. The van der Waals surface area contributed by atoms with Crippen molar-refractivity contribution in [1.29, 1.82) is 0 Å². The molecule has 0 fully saturated rings. The molecule has 2 nitrogen and oxygen atoms in total. The van der Waals surface area contributed by atoms with E-state index in [2.05, 4.69) is 0 Å². The van der Waals surface area contributed by atoms with Crippen molar-refractivity contribution in [1.82, 2.24) is 0 Å². The summed E-state index contributed by atoms with van der Waals surface area (Å²) in [7, 11) is 0. The molecule has 4 heteroatoms. The lowest BCUT2D eigenvalue weighted by atomic mass is 10.1. The molecule has 0 saturated carbocycles. The number of hydrogen-bond donors (Lipinski definition) is 1. The molecule has 20 heavy (non-hydrogen) atoms. The lowest BCUT2D eigenvalue weighted by Crippen LogP contribution is -2.35. The van der Waals surface area contributed by atoms with E-state index in [-0.39, 0.29) is 12.1 Å². The maximum atomic E-state index is 14.3. The van der Waals surface area contributed by atoms with Gasteiger partial charge in [0, 0.05) is 23.5 Å². The number of alkyl halides is 2. The van der Waals surface area contributed by atoms with Crippen molar-refractivity contribution < 1.29 is 8.78 Å². The van der Waals surface area contributed by atoms with Crippen molar-refractivity contribution in [2.24, 2.45) is 0 Å². The molecule has 0 saturated heterocycles. The zero-order chi connectivity index (χ0) is 14.6. The van der Waals surface area contributed by atoms with Gasteiger partial charge in [0.05, 0.1) is 6.54 Å². The summed E-state index contributed by atoms with van der Waals surface area (Å²) in [5.41, 5.74) is 7.03. The molecule has 2 aromatic rings. The predicted octanol–water partition coefficient (Wildman–Crippen LogP) is 3.89. The minimum atomic E-state index is -2.89. The quantitative estimate of drug-likeness (QED) is 0.839. The lowest BCUT2D eigenvalue weighted by molar-refractivity contribution is 0.00412. The smallest absolute Gasteiger partial charge is 0.290 e. The van der Waals surface area contributed by atoms with Gasteiger partial charge in [0.25, 0.3) is 5.92 Å². The molecule has 2 N–H and O–H groups in total. The molecule has 0 unspecified atom stereocenters. The molecule has 0 aliphatic heterocycles. The van der Waals surface area contributed by atoms with Crippen molar-refractivity contribution in [2.75, 3.05) is 23.7 Å². The highest BCUT2D eigenvalue weighted by atomic mass is 19.3. The molecule has 0 aromatic heterocycles. The monoisotopic (exact) mass is 276 g/mol. The standard InChI is InChI=1S/C16H18F2N2/c1-2-20(15-10-8-14(19)9-11-15)12-16(17,18)13-6-4-3-5-7-13/h3-11H,2,12,19H2,1H3. The number of likely N-dealkylation sites (N-methyl/N-ethyl adjacent to an activating group) is 1. The second kappa shape index (κ2) is 5.90. The fourth-order valence-corrected chi connectivity index (χ4v) is 2.08.